The first-order valence-corrected chi connectivity index (χ1v) is 5.71. The van der Waals surface area contributed by atoms with E-state index in [1.807, 2.05) is 6.92 Å². The normalized spacial score (nSPS) is 9.75. The molecule has 6 heteroatoms. The molecule has 1 aromatic heterocycles. The van der Waals surface area contributed by atoms with Crippen LogP contribution >= 0.6 is 11.3 Å². The maximum atomic E-state index is 10.5. The smallest absolute Gasteiger partial charge is 0.305 e. The average molecular weight is 239 g/mol. The van der Waals surface area contributed by atoms with Crippen LogP contribution in [0.25, 0.3) is 0 Å². The lowest BCUT2D eigenvalue weighted by Gasteiger charge is -2.16. The van der Waals surface area contributed by atoms with Crippen LogP contribution in [-0.2, 0) is 11.2 Å². The minimum absolute atomic E-state index is 0.0444. The largest absolute Gasteiger partial charge is 0.481 e. The summed E-state index contributed by atoms with van der Waals surface area (Å²) in [4.78, 5) is 12.2. The molecule has 0 bridgehead atoms. The van der Waals surface area contributed by atoms with Gasteiger partial charge in [-0.1, -0.05) is 24.2 Å². The summed E-state index contributed by atoms with van der Waals surface area (Å²) in [5, 5.41) is 18.2. The van der Waals surface area contributed by atoms with Crippen molar-refractivity contribution in [3.8, 4) is 12.3 Å². The molecule has 0 aliphatic carbocycles. The Bertz CT molecular complexity index is 397. The Kier molecular flexibility index (Phi) is 4.73. The first kappa shape index (κ1) is 12.5. The molecule has 86 valence electrons. The number of carboxylic acids is 1. The molecular weight excluding hydrogens is 226 g/mol. The summed E-state index contributed by atoms with van der Waals surface area (Å²) in [6.07, 6.45) is 6.09. The number of carbonyl (C=O) groups is 1. The highest BCUT2D eigenvalue weighted by atomic mass is 32.1. The van der Waals surface area contributed by atoms with Crippen molar-refractivity contribution in [1.82, 2.24) is 10.2 Å². The number of rotatable bonds is 6. The lowest BCUT2D eigenvalue weighted by atomic mass is 10.4. The van der Waals surface area contributed by atoms with E-state index < -0.39 is 5.97 Å². The van der Waals surface area contributed by atoms with Gasteiger partial charge < -0.3 is 10.0 Å². The molecule has 1 N–H and O–H groups in total. The van der Waals surface area contributed by atoms with Crippen LogP contribution in [0.15, 0.2) is 0 Å². The highest BCUT2D eigenvalue weighted by Crippen LogP contribution is 2.20. The number of aromatic nitrogens is 2. The van der Waals surface area contributed by atoms with E-state index in [1.165, 1.54) is 11.3 Å². The highest BCUT2D eigenvalue weighted by Gasteiger charge is 2.12. The number of carboxylic acid groups (broad SMARTS) is 1. The van der Waals surface area contributed by atoms with Crippen molar-refractivity contribution in [2.75, 3.05) is 18.0 Å². The van der Waals surface area contributed by atoms with Crippen LogP contribution in [-0.4, -0.2) is 34.4 Å². The van der Waals surface area contributed by atoms with Crippen LogP contribution in [0.3, 0.4) is 0 Å². The monoisotopic (exact) mass is 239 g/mol. The predicted molar refractivity (Wildman–Crippen MR) is 62.6 cm³/mol. The number of hydrogen-bond donors (Lipinski definition) is 1. The fourth-order valence-corrected chi connectivity index (χ4v) is 1.90. The topological polar surface area (TPSA) is 66.3 Å². The molecule has 1 aromatic rings. The summed E-state index contributed by atoms with van der Waals surface area (Å²) in [7, 11) is 0. The molecule has 0 spiro atoms. The molecular formula is C10H13N3O2S. The second-order valence-electron chi connectivity index (χ2n) is 3.10. The van der Waals surface area contributed by atoms with E-state index in [1.54, 1.807) is 4.90 Å². The molecule has 0 atom stereocenters. The van der Waals surface area contributed by atoms with Crippen LogP contribution in [0.2, 0.25) is 0 Å². The first-order chi connectivity index (χ1) is 7.67. The lowest BCUT2D eigenvalue weighted by molar-refractivity contribution is -0.136. The number of hydrogen-bond acceptors (Lipinski definition) is 5. The Hall–Kier alpha value is -1.61. The van der Waals surface area contributed by atoms with Crippen LogP contribution in [0, 0.1) is 12.3 Å². The fraction of sp³-hybridized carbons (Fsp3) is 0.500. The zero-order chi connectivity index (χ0) is 12.0. The summed E-state index contributed by atoms with van der Waals surface area (Å²) < 4.78 is 0. The molecule has 0 amide bonds. The molecule has 0 aliphatic rings. The van der Waals surface area contributed by atoms with Gasteiger partial charge in [0.1, 0.15) is 5.01 Å². The number of anilines is 1. The van der Waals surface area contributed by atoms with Gasteiger partial charge in [-0.3, -0.25) is 4.79 Å². The van der Waals surface area contributed by atoms with Gasteiger partial charge in [0, 0.05) is 6.54 Å². The SMILES string of the molecule is C#CCN(CCC(=O)O)c1nnc(CC)s1. The number of aryl methyl sites for hydroxylation is 1. The molecule has 0 fully saturated rings. The van der Waals surface area contributed by atoms with Crippen molar-refractivity contribution >= 4 is 22.4 Å². The van der Waals surface area contributed by atoms with E-state index in [4.69, 9.17) is 11.5 Å². The van der Waals surface area contributed by atoms with Crippen molar-refractivity contribution in [3.63, 3.8) is 0 Å². The van der Waals surface area contributed by atoms with Crippen molar-refractivity contribution in [3.05, 3.63) is 5.01 Å². The number of terminal acetylenes is 1. The fourth-order valence-electron chi connectivity index (χ4n) is 1.10. The molecule has 0 aromatic carbocycles. The zero-order valence-corrected chi connectivity index (χ0v) is 9.83. The van der Waals surface area contributed by atoms with Gasteiger partial charge in [-0.15, -0.1) is 16.6 Å². The van der Waals surface area contributed by atoms with Gasteiger partial charge in [-0.2, -0.15) is 0 Å². The third-order valence-electron chi connectivity index (χ3n) is 1.91. The Balaban J connectivity index is 2.69. The molecule has 0 saturated carbocycles. The molecule has 1 heterocycles. The average Bonchev–Trinajstić information content (AvgIpc) is 2.72. The Morgan fingerprint density at radius 3 is 2.88 bits per heavy atom. The molecule has 0 radical (unpaired) electrons. The van der Waals surface area contributed by atoms with E-state index >= 15 is 0 Å². The third-order valence-corrected chi connectivity index (χ3v) is 3.04. The quantitative estimate of drug-likeness (QED) is 0.751. The first-order valence-electron chi connectivity index (χ1n) is 4.90. The van der Waals surface area contributed by atoms with Crippen LogP contribution in [0.4, 0.5) is 5.13 Å². The van der Waals surface area contributed by atoms with Gasteiger partial charge in [-0.25, -0.2) is 0 Å². The van der Waals surface area contributed by atoms with Gasteiger partial charge >= 0.3 is 5.97 Å². The van der Waals surface area contributed by atoms with Gasteiger partial charge in [0.2, 0.25) is 5.13 Å². The summed E-state index contributed by atoms with van der Waals surface area (Å²) in [5.74, 6) is 1.64. The summed E-state index contributed by atoms with van der Waals surface area (Å²) >= 11 is 1.45. The minimum atomic E-state index is -0.845. The summed E-state index contributed by atoms with van der Waals surface area (Å²) in [5.41, 5.74) is 0. The van der Waals surface area contributed by atoms with Gasteiger partial charge in [0.05, 0.1) is 13.0 Å². The molecule has 1 rings (SSSR count). The van der Waals surface area contributed by atoms with Crippen molar-refractivity contribution < 1.29 is 9.90 Å². The minimum Gasteiger partial charge on any atom is -0.481 e. The molecule has 5 nitrogen and oxygen atoms in total. The van der Waals surface area contributed by atoms with E-state index in [-0.39, 0.29) is 6.42 Å². The molecule has 0 saturated heterocycles. The Labute approximate surface area is 98.1 Å². The van der Waals surface area contributed by atoms with Crippen LogP contribution in [0.5, 0.6) is 0 Å². The zero-order valence-electron chi connectivity index (χ0n) is 9.01. The maximum absolute atomic E-state index is 10.5. The van der Waals surface area contributed by atoms with E-state index in [2.05, 4.69) is 16.1 Å². The van der Waals surface area contributed by atoms with E-state index in [0.717, 1.165) is 11.4 Å². The van der Waals surface area contributed by atoms with Crippen molar-refractivity contribution in [1.29, 1.82) is 0 Å². The third kappa shape index (κ3) is 3.51. The second kappa shape index (κ2) is 6.08. The maximum Gasteiger partial charge on any atom is 0.305 e. The van der Waals surface area contributed by atoms with Crippen molar-refractivity contribution in [2.45, 2.75) is 19.8 Å². The van der Waals surface area contributed by atoms with E-state index in [9.17, 15) is 4.79 Å². The summed E-state index contributed by atoms with van der Waals surface area (Å²) in [6, 6.07) is 0. The Morgan fingerprint density at radius 2 is 2.38 bits per heavy atom. The Morgan fingerprint density at radius 1 is 1.62 bits per heavy atom. The van der Waals surface area contributed by atoms with E-state index in [0.29, 0.717) is 18.2 Å². The van der Waals surface area contributed by atoms with Gasteiger partial charge in [0.15, 0.2) is 0 Å². The lowest BCUT2D eigenvalue weighted by Crippen LogP contribution is -2.26. The highest BCUT2D eigenvalue weighted by molar-refractivity contribution is 7.15. The molecule has 0 unspecified atom stereocenters. The second-order valence-corrected chi connectivity index (χ2v) is 4.14. The van der Waals surface area contributed by atoms with Crippen LogP contribution < -0.4 is 4.90 Å². The number of nitrogens with zero attached hydrogens (tertiary/aromatic N) is 3. The van der Waals surface area contributed by atoms with Gasteiger partial charge in [0.25, 0.3) is 0 Å². The number of aliphatic carboxylic acids is 1. The summed E-state index contributed by atoms with van der Waals surface area (Å²) in [6.45, 7) is 2.70. The predicted octanol–water partition coefficient (Wildman–Crippen LogP) is 1.01. The molecule has 16 heavy (non-hydrogen) atoms. The van der Waals surface area contributed by atoms with Crippen LogP contribution in [0.1, 0.15) is 18.4 Å². The van der Waals surface area contributed by atoms with Crippen molar-refractivity contribution in [2.24, 2.45) is 0 Å². The standard InChI is InChI=1S/C10H13N3O2S/c1-3-6-13(7-5-9(14)15)10-12-11-8(4-2)16-10/h1H,4-7H2,2H3,(H,14,15). The molecule has 0 aliphatic heterocycles. The van der Waals surface area contributed by atoms with Gasteiger partial charge in [-0.05, 0) is 6.42 Å².